The molecule has 2 atom stereocenters. The molecule has 1 saturated carbocycles. The number of ether oxygens (including phenoxy) is 1. The van der Waals surface area contributed by atoms with Crippen LogP contribution in [0.1, 0.15) is 46.5 Å². The minimum Gasteiger partial charge on any atom is -0.460 e. The van der Waals surface area contributed by atoms with Gasteiger partial charge in [-0.2, -0.15) is 0 Å². The predicted octanol–water partition coefficient (Wildman–Crippen LogP) is 1.79. The first-order valence-electron chi connectivity index (χ1n) is 7.65. The van der Waals surface area contributed by atoms with Gasteiger partial charge >= 0.3 is 5.97 Å². The van der Waals surface area contributed by atoms with Crippen LogP contribution in [0, 0.1) is 5.92 Å². The quantitative estimate of drug-likeness (QED) is 0.775. The summed E-state index contributed by atoms with van der Waals surface area (Å²) in [5, 5.41) is 3.38. The lowest BCUT2D eigenvalue weighted by molar-refractivity contribution is -0.164. The normalized spacial score (nSPS) is 30.1. The monoisotopic (exact) mass is 268 g/mol. The Morgan fingerprint density at radius 2 is 1.79 bits per heavy atom. The third-order valence-electron chi connectivity index (χ3n) is 4.06. The summed E-state index contributed by atoms with van der Waals surface area (Å²) < 4.78 is 5.62. The van der Waals surface area contributed by atoms with Crippen molar-refractivity contribution >= 4 is 5.97 Å². The van der Waals surface area contributed by atoms with Gasteiger partial charge in [-0.15, -0.1) is 0 Å². The van der Waals surface area contributed by atoms with Gasteiger partial charge in [0.05, 0.1) is 5.92 Å². The van der Waals surface area contributed by atoms with E-state index in [1.54, 1.807) is 0 Å². The molecule has 4 heteroatoms. The zero-order valence-electron chi connectivity index (χ0n) is 12.6. The molecule has 1 unspecified atom stereocenters. The van der Waals surface area contributed by atoms with E-state index in [9.17, 15) is 4.79 Å². The second-order valence-electron chi connectivity index (χ2n) is 6.78. The smallest absolute Gasteiger partial charge is 0.311 e. The highest BCUT2D eigenvalue weighted by Gasteiger charge is 2.37. The lowest BCUT2D eigenvalue weighted by atomic mass is 9.83. The zero-order valence-corrected chi connectivity index (χ0v) is 12.6. The average Bonchev–Trinajstić information content (AvgIpc) is 2.38. The van der Waals surface area contributed by atoms with Crippen molar-refractivity contribution in [1.29, 1.82) is 0 Å². The van der Waals surface area contributed by atoms with Gasteiger partial charge in [0.25, 0.3) is 0 Å². The summed E-state index contributed by atoms with van der Waals surface area (Å²) in [7, 11) is 0. The Hall–Kier alpha value is -0.610. The summed E-state index contributed by atoms with van der Waals surface area (Å²) in [4.78, 5) is 14.9. The fourth-order valence-corrected chi connectivity index (χ4v) is 3.21. The average molecular weight is 268 g/mol. The molecule has 0 aromatic rings. The molecule has 2 fully saturated rings. The number of nitrogens with zero attached hydrogens (tertiary/aromatic N) is 1. The second-order valence-corrected chi connectivity index (χ2v) is 6.78. The van der Waals surface area contributed by atoms with Gasteiger partial charge in [-0.25, -0.2) is 0 Å². The Morgan fingerprint density at radius 1 is 1.16 bits per heavy atom. The molecule has 1 N–H and O–H groups in total. The van der Waals surface area contributed by atoms with Gasteiger partial charge < -0.3 is 10.1 Å². The molecular formula is C15H28N2O2. The molecule has 0 aromatic carbocycles. The molecule has 0 radical (unpaired) electrons. The number of carbonyl (C=O) groups excluding carboxylic acids is 1. The van der Waals surface area contributed by atoms with E-state index in [0.29, 0.717) is 6.04 Å². The van der Waals surface area contributed by atoms with Crippen molar-refractivity contribution in [2.45, 2.75) is 58.1 Å². The molecule has 2 rings (SSSR count). The molecule has 0 spiro atoms. The third kappa shape index (κ3) is 4.18. The van der Waals surface area contributed by atoms with Crippen LogP contribution < -0.4 is 5.32 Å². The molecule has 1 aliphatic heterocycles. The van der Waals surface area contributed by atoms with Crippen LogP contribution in [0.4, 0.5) is 0 Å². The summed E-state index contributed by atoms with van der Waals surface area (Å²) in [6.07, 6.45) is 4.54. The van der Waals surface area contributed by atoms with Crippen LogP contribution in [0.5, 0.6) is 0 Å². The Morgan fingerprint density at radius 3 is 2.42 bits per heavy atom. The predicted molar refractivity (Wildman–Crippen MR) is 76.0 cm³/mol. The van der Waals surface area contributed by atoms with Gasteiger partial charge in [-0.1, -0.05) is 12.8 Å². The number of rotatable bonds is 2. The topological polar surface area (TPSA) is 41.6 Å². The first-order valence-corrected chi connectivity index (χ1v) is 7.65. The largest absolute Gasteiger partial charge is 0.460 e. The lowest BCUT2D eigenvalue weighted by Gasteiger charge is -2.41. The second kappa shape index (κ2) is 6.23. The maximum Gasteiger partial charge on any atom is 0.311 e. The van der Waals surface area contributed by atoms with Gasteiger partial charge in [0.1, 0.15) is 5.60 Å². The van der Waals surface area contributed by atoms with Crippen molar-refractivity contribution in [2.24, 2.45) is 5.92 Å². The highest BCUT2D eigenvalue weighted by Crippen LogP contribution is 2.30. The van der Waals surface area contributed by atoms with Crippen LogP contribution >= 0.6 is 0 Å². The molecular weight excluding hydrogens is 240 g/mol. The lowest BCUT2D eigenvalue weighted by Crippen LogP contribution is -2.53. The van der Waals surface area contributed by atoms with E-state index in [1.165, 1.54) is 6.42 Å². The number of carbonyl (C=O) groups is 1. The Labute approximate surface area is 116 Å². The van der Waals surface area contributed by atoms with E-state index in [2.05, 4.69) is 10.2 Å². The van der Waals surface area contributed by atoms with Crippen molar-refractivity contribution in [2.75, 3.05) is 26.2 Å². The summed E-state index contributed by atoms with van der Waals surface area (Å²) >= 11 is 0. The molecule has 110 valence electrons. The fourth-order valence-electron chi connectivity index (χ4n) is 3.21. The zero-order chi connectivity index (χ0) is 13.9. The Kier molecular flexibility index (Phi) is 4.85. The Balaban J connectivity index is 2.00. The van der Waals surface area contributed by atoms with Crippen LogP contribution in [-0.2, 0) is 9.53 Å². The molecule has 19 heavy (non-hydrogen) atoms. The molecule has 1 heterocycles. The molecule has 2 aliphatic rings. The minimum atomic E-state index is -0.372. The van der Waals surface area contributed by atoms with E-state index in [1.807, 2.05) is 20.8 Å². The number of nitrogens with one attached hydrogen (secondary N) is 1. The number of hydrogen-bond donors (Lipinski definition) is 1. The summed E-state index contributed by atoms with van der Waals surface area (Å²) in [6.45, 7) is 10.1. The minimum absolute atomic E-state index is 0.00994. The summed E-state index contributed by atoms with van der Waals surface area (Å²) in [5.74, 6) is 0.0850. The van der Waals surface area contributed by atoms with E-state index < -0.39 is 0 Å². The number of esters is 1. The van der Waals surface area contributed by atoms with Crippen LogP contribution in [0.2, 0.25) is 0 Å². The SMILES string of the molecule is CC(C)(C)OC(=O)C1CCCC[C@H]1N1CCNCC1. The summed E-state index contributed by atoms with van der Waals surface area (Å²) in [6, 6.07) is 0.394. The van der Waals surface area contributed by atoms with Gasteiger partial charge in [-0.05, 0) is 33.6 Å². The molecule has 1 saturated heterocycles. The molecule has 0 bridgehead atoms. The van der Waals surface area contributed by atoms with Gasteiger partial charge in [-0.3, -0.25) is 9.69 Å². The molecule has 0 amide bonds. The molecule has 1 aliphatic carbocycles. The Bertz CT molecular complexity index is 306. The maximum atomic E-state index is 12.4. The van der Waals surface area contributed by atoms with Gasteiger partial charge in [0.15, 0.2) is 0 Å². The highest BCUT2D eigenvalue weighted by molar-refractivity contribution is 5.73. The van der Waals surface area contributed by atoms with Crippen molar-refractivity contribution in [3.8, 4) is 0 Å². The van der Waals surface area contributed by atoms with Crippen LogP contribution in [0.15, 0.2) is 0 Å². The van der Waals surface area contributed by atoms with E-state index in [-0.39, 0.29) is 17.5 Å². The number of piperazine rings is 1. The van der Waals surface area contributed by atoms with Crippen molar-refractivity contribution < 1.29 is 9.53 Å². The highest BCUT2D eigenvalue weighted by atomic mass is 16.6. The van der Waals surface area contributed by atoms with E-state index in [0.717, 1.165) is 45.4 Å². The maximum absolute atomic E-state index is 12.4. The van der Waals surface area contributed by atoms with Crippen LogP contribution in [0.3, 0.4) is 0 Å². The van der Waals surface area contributed by atoms with Crippen LogP contribution in [-0.4, -0.2) is 48.7 Å². The van der Waals surface area contributed by atoms with Gasteiger partial charge in [0.2, 0.25) is 0 Å². The fraction of sp³-hybridized carbons (Fsp3) is 0.933. The first-order chi connectivity index (χ1) is 8.97. The van der Waals surface area contributed by atoms with Crippen molar-refractivity contribution in [3.05, 3.63) is 0 Å². The standard InChI is InChI=1S/C15H28N2O2/c1-15(2,3)19-14(18)12-6-4-5-7-13(12)17-10-8-16-9-11-17/h12-13,16H,4-11H2,1-3H3/t12?,13-/m1/s1. The van der Waals surface area contributed by atoms with Crippen molar-refractivity contribution in [3.63, 3.8) is 0 Å². The third-order valence-corrected chi connectivity index (χ3v) is 4.06. The van der Waals surface area contributed by atoms with Crippen LogP contribution in [0.25, 0.3) is 0 Å². The van der Waals surface area contributed by atoms with Crippen molar-refractivity contribution in [1.82, 2.24) is 10.2 Å². The molecule has 0 aromatic heterocycles. The summed E-state index contributed by atoms with van der Waals surface area (Å²) in [5.41, 5.74) is -0.372. The van der Waals surface area contributed by atoms with Gasteiger partial charge in [0, 0.05) is 32.2 Å². The van der Waals surface area contributed by atoms with E-state index in [4.69, 9.17) is 4.74 Å². The first kappa shape index (κ1) is 14.8. The van der Waals surface area contributed by atoms with E-state index >= 15 is 0 Å². The number of hydrogen-bond acceptors (Lipinski definition) is 4. The molecule has 4 nitrogen and oxygen atoms in total.